The van der Waals surface area contributed by atoms with Gasteiger partial charge in [-0.2, -0.15) is 0 Å². The van der Waals surface area contributed by atoms with Crippen LogP contribution in [0.25, 0.3) is 5.65 Å². The summed E-state index contributed by atoms with van der Waals surface area (Å²) < 4.78 is 29.1. The van der Waals surface area contributed by atoms with Crippen molar-refractivity contribution in [2.24, 2.45) is 0 Å². The number of halogens is 1. The molecule has 0 spiro atoms. The third-order valence-corrected chi connectivity index (χ3v) is 4.55. The Balaban J connectivity index is 2.05. The number of aromatic nitrogens is 2. The van der Waals surface area contributed by atoms with Gasteiger partial charge in [0.15, 0.2) is 5.65 Å². The number of nitrogens with zero attached hydrogens (tertiary/aromatic N) is 2. The molecule has 0 fully saturated rings. The Hall–Kier alpha value is -2.05. The summed E-state index contributed by atoms with van der Waals surface area (Å²) >= 11 is 5.84. The van der Waals surface area contributed by atoms with Crippen molar-refractivity contribution in [1.82, 2.24) is 9.38 Å². The first-order valence-corrected chi connectivity index (χ1v) is 8.04. The van der Waals surface area contributed by atoms with Crippen LogP contribution in [0.2, 0.25) is 5.02 Å². The summed E-state index contributed by atoms with van der Waals surface area (Å²) in [6, 6.07) is 9.54. The molecule has 7 heteroatoms. The van der Waals surface area contributed by atoms with Crippen LogP contribution < -0.4 is 4.72 Å². The van der Waals surface area contributed by atoms with E-state index in [0.29, 0.717) is 16.4 Å². The highest BCUT2D eigenvalue weighted by molar-refractivity contribution is 7.92. The zero-order valence-corrected chi connectivity index (χ0v) is 12.7. The monoisotopic (exact) mass is 321 g/mol. The van der Waals surface area contributed by atoms with E-state index in [9.17, 15) is 8.42 Å². The van der Waals surface area contributed by atoms with Crippen molar-refractivity contribution < 1.29 is 8.42 Å². The van der Waals surface area contributed by atoms with E-state index < -0.39 is 10.0 Å². The summed E-state index contributed by atoms with van der Waals surface area (Å²) in [5.41, 5.74) is 1.79. The molecule has 3 aromatic rings. The molecule has 0 bridgehead atoms. The van der Waals surface area contributed by atoms with Crippen molar-refractivity contribution in [2.75, 3.05) is 4.72 Å². The summed E-state index contributed by atoms with van der Waals surface area (Å²) in [6.45, 7) is 1.85. The molecule has 1 aromatic carbocycles. The molecular weight excluding hydrogens is 310 g/mol. The zero-order valence-electron chi connectivity index (χ0n) is 11.1. The highest BCUT2D eigenvalue weighted by Gasteiger charge is 2.16. The Labute approximate surface area is 127 Å². The number of fused-ring (bicyclic) bond motifs is 1. The van der Waals surface area contributed by atoms with Crippen molar-refractivity contribution in [3.8, 4) is 0 Å². The highest BCUT2D eigenvalue weighted by atomic mass is 35.5. The second kappa shape index (κ2) is 5.05. The van der Waals surface area contributed by atoms with E-state index in [2.05, 4.69) is 9.71 Å². The van der Waals surface area contributed by atoms with Gasteiger partial charge in [-0.1, -0.05) is 17.7 Å². The maximum absolute atomic E-state index is 12.4. The number of rotatable bonds is 3. The third-order valence-electron chi connectivity index (χ3n) is 2.95. The van der Waals surface area contributed by atoms with Gasteiger partial charge in [-0.3, -0.25) is 4.72 Å². The molecule has 5 nitrogen and oxygen atoms in total. The number of nitrogens with one attached hydrogen (secondary N) is 1. The minimum atomic E-state index is -3.71. The van der Waals surface area contributed by atoms with Crippen LogP contribution in [-0.4, -0.2) is 17.8 Å². The number of hydrogen-bond acceptors (Lipinski definition) is 3. The van der Waals surface area contributed by atoms with Gasteiger partial charge in [0.2, 0.25) is 0 Å². The molecule has 108 valence electrons. The lowest BCUT2D eigenvalue weighted by atomic mass is 10.4. The molecule has 1 N–H and O–H groups in total. The Morgan fingerprint density at radius 1 is 1.24 bits per heavy atom. The average Bonchev–Trinajstić information content (AvgIpc) is 2.80. The van der Waals surface area contributed by atoms with Crippen molar-refractivity contribution >= 4 is 33.0 Å². The first-order chi connectivity index (χ1) is 9.95. The minimum absolute atomic E-state index is 0.111. The number of hydrogen-bond donors (Lipinski definition) is 1. The van der Waals surface area contributed by atoms with Crippen LogP contribution in [-0.2, 0) is 10.0 Å². The van der Waals surface area contributed by atoms with Crippen LogP contribution in [0.3, 0.4) is 0 Å². The maximum Gasteiger partial charge on any atom is 0.262 e. The van der Waals surface area contributed by atoms with Crippen LogP contribution in [0, 0.1) is 6.92 Å². The Morgan fingerprint density at radius 2 is 2.05 bits per heavy atom. The molecule has 0 saturated carbocycles. The average molecular weight is 322 g/mol. The summed E-state index contributed by atoms with van der Waals surface area (Å²) in [4.78, 5) is 4.43. The Morgan fingerprint density at radius 3 is 2.81 bits per heavy atom. The van der Waals surface area contributed by atoms with E-state index >= 15 is 0 Å². The van der Waals surface area contributed by atoms with E-state index in [-0.39, 0.29) is 4.90 Å². The Kier molecular flexibility index (Phi) is 3.35. The normalized spacial score (nSPS) is 11.7. The van der Waals surface area contributed by atoms with Crippen molar-refractivity contribution in [3.63, 3.8) is 0 Å². The van der Waals surface area contributed by atoms with Gasteiger partial charge in [0.05, 0.1) is 16.3 Å². The third kappa shape index (κ3) is 2.72. The van der Waals surface area contributed by atoms with Crippen LogP contribution in [0.5, 0.6) is 0 Å². The van der Waals surface area contributed by atoms with Gasteiger partial charge in [0, 0.05) is 17.4 Å². The molecule has 3 rings (SSSR count). The van der Waals surface area contributed by atoms with E-state index in [1.807, 2.05) is 19.3 Å². The lowest BCUT2D eigenvalue weighted by Crippen LogP contribution is -2.13. The number of imidazole rings is 1. The number of pyridine rings is 1. The number of anilines is 1. The minimum Gasteiger partial charge on any atom is -0.305 e. The van der Waals surface area contributed by atoms with Gasteiger partial charge in [-0.05, 0) is 37.3 Å². The molecule has 0 amide bonds. The molecule has 2 aromatic heterocycles. The summed E-state index contributed by atoms with van der Waals surface area (Å²) in [7, 11) is -3.71. The van der Waals surface area contributed by atoms with Crippen molar-refractivity contribution in [1.29, 1.82) is 0 Å². The summed E-state index contributed by atoms with van der Waals surface area (Å²) in [5, 5.41) is 0.368. The first-order valence-electron chi connectivity index (χ1n) is 6.18. The van der Waals surface area contributed by atoms with Gasteiger partial charge < -0.3 is 4.40 Å². The quantitative estimate of drug-likeness (QED) is 0.806. The summed E-state index contributed by atoms with van der Waals surface area (Å²) in [5.74, 6) is 0. The molecule has 21 heavy (non-hydrogen) atoms. The Bertz CT molecular complexity index is 919. The number of benzene rings is 1. The predicted octanol–water partition coefficient (Wildman–Crippen LogP) is 3.10. The largest absolute Gasteiger partial charge is 0.305 e. The molecule has 0 saturated heterocycles. The molecule has 0 aliphatic carbocycles. The van der Waals surface area contributed by atoms with E-state index in [1.165, 1.54) is 12.1 Å². The van der Waals surface area contributed by atoms with Gasteiger partial charge in [-0.15, -0.1) is 0 Å². The first kappa shape index (κ1) is 13.9. The van der Waals surface area contributed by atoms with Crippen LogP contribution in [0.4, 0.5) is 5.69 Å². The molecule has 0 aliphatic rings. The maximum atomic E-state index is 12.4. The second-order valence-corrected chi connectivity index (χ2v) is 6.72. The molecular formula is C14H12ClN3O2S. The fourth-order valence-electron chi connectivity index (χ4n) is 2.05. The van der Waals surface area contributed by atoms with Crippen molar-refractivity contribution in [2.45, 2.75) is 11.8 Å². The van der Waals surface area contributed by atoms with E-state index in [0.717, 1.165) is 5.69 Å². The molecule has 0 atom stereocenters. The van der Waals surface area contributed by atoms with Crippen molar-refractivity contribution in [3.05, 3.63) is 59.5 Å². The molecule has 0 radical (unpaired) electrons. The number of aryl methyl sites for hydroxylation is 1. The van der Waals surface area contributed by atoms with Gasteiger partial charge >= 0.3 is 0 Å². The molecule has 0 aliphatic heterocycles. The molecule has 2 heterocycles. The van der Waals surface area contributed by atoms with Gasteiger partial charge in [-0.25, -0.2) is 13.4 Å². The topological polar surface area (TPSA) is 63.5 Å². The van der Waals surface area contributed by atoms with E-state index in [4.69, 9.17) is 11.6 Å². The van der Waals surface area contributed by atoms with E-state index in [1.54, 1.807) is 28.7 Å². The van der Waals surface area contributed by atoms with Crippen LogP contribution >= 0.6 is 11.6 Å². The van der Waals surface area contributed by atoms with Crippen LogP contribution in [0.1, 0.15) is 5.69 Å². The SMILES string of the molecule is Cc1cn2cccc(NS(=O)(=O)c3cccc(Cl)c3)c2n1. The number of sulfonamides is 1. The summed E-state index contributed by atoms with van der Waals surface area (Å²) in [6.07, 6.45) is 3.64. The standard InChI is InChI=1S/C14H12ClN3O2S/c1-10-9-18-7-3-6-13(14(18)16-10)17-21(19,20)12-5-2-4-11(15)8-12/h2-9,17H,1H3. The molecule has 0 unspecified atom stereocenters. The highest BCUT2D eigenvalue weighted by Crippen LogP contribution is 2.22. The zero-order chi connectivity index (χ0) is 15.0. The van der Waals surface area contributed by atoms with Gasteiger partial charge in [0.25, 0.3) is 10.0 Å². The van der Waals surface area contributed by atoms with Crippen LogP contribution in [0.15, 0.2) is 53.7 Å². The fourth-order valence-corrected chi connectivity index (χ4v) is 3.41. The smallest absolute Gasteiger partial charge is 0.262 e. The predicted molar refractivity (Wildman–Crippen MR) is 82.2 cm³/mol. The fraction of sp³-hybridized carbons (Fsp3) is 0.0714. The second-order valence-electron chi connectivity index (χ2n) is 4.60. The lowest BCUT2D eigenvalue weighted by molar-refractivity contribution is 0.601. The van der Waals surface area contributed by atoms with Gasteiger partial charge in [0.1, 0.15) is 0 Å². The lowest BCUT2D eigenvalue weighted by Gasteiger charge is -2.09.